The molecule has 2 aromatic heterocycles. The van der Waals surface area contributed by atoms with Gasteiger partial charge in [-0.3, -0.25) is 0 Å². The molecule has 0 aliphatic rings. The average molecular weight is 221 g/mol. The molecule has 0 saturated heterocycles. The molecule has 0 unspecified atom stereocenters. The van der Waals surface area contributed by atoms with E-state index in [0.717, 1.165) is 0 Å². The van der Waals surface area contributed by atoms with E-state index >= 15 is 0 Å². The zero-order valence-corrected chi connectivity index (χ0v) is 8.18. The highest BCUT2D eigenvalue weighted by molar-refractivity contribution is 6.32. The Bertz CT molecular complexity index is 521. The van der Waals surface area contributed by atoms with Gasteiger partial charge in [-0.15, -0.1) is 10.2 Å². The predicted octanol–water partition coefficient (Wildman–Crippen LogP) is 0.770. The van der Waals surface area contributed by atoms with Crippen molar-refractivity contribution in [3.05, 3.63) is 29.0 Å². The fraction of sp³-hybridized carbons (Fsp3) is 0. The Kier molecular flexibility index (Phi) is 2.23. The fourth-order valence-electron chi connectivity index (χ4n) is 1.06. The van der Waals surface area contributed by atoms with Crippen molar-refractivity contribution in [3.8, 4) is 11.9 Å². The molecule has 0 aromatic carbocycles. The molecule has 2 heterocycles. The topological polar surface area (TPSA) is 93.4 Å². The van der Waals surface area contributed by atoms with Crippen LogP contribution in [0, 0.1) is 11.3 Å². The summed E-state index contributed by atoms with van der Waals surface area (Å²) in [5.74, 6) is 0.491. The summed E-state index contributed by atoms with van der Waals surface area (Å²) in [5, 5.41) is 20.5. The minimum absolute atomic E-state index is 0.186. The number of hydrogen-bond donors (Lipinski definition) is 1. The van der Waals surface area contributed by atoms with E-state index in [1.807, 2.05) is 6.07 Å². The number of nitrogens with two attached hydrogens (primary N) is 1. The summed E-state index contributed by atoms with van der Waals surface area (Å²) in [7, 11) is 0. The molecule has 0 aliphatic heterocycles. The molecule has 0 spiro atoms. The van der Waals surface area contributed by atoms with Gasteiger partial charge in [0.2, 0.25) is 0 Å². The molecule has 2 rings (SSSR count). The Morgan fingerprint density at radius 1 is 1.53 bits per heavy atom. The van der Waals surface area contributed by atoms with E-state index in [-0.39, 0.29) is 5.82 Å². The van der Waals surface area contributed by atoms with Gasteiger partial charge < -0.3 is 5.73 Å². The van der Waals surface area contributed by atoms with Gasteiger partial charge in [-0.1, -0.05) is 11.6 Å². The Labute approximate surface area is 89.9 Å². The van der Waals surface area contributed by atoms with E-state index < -0.39 is 0 Å². The van der Waals surface area contributed by atoms with Crippen LogP contribution in [0.3, 0.4) is 0 Å². The van der Waals surface area contributed by atoms with E-state index in [1.165, 1.54) is 23.1 Å². The van der Waals surface area contributed by atoms with Crippen LogP contribution in [0.15, 0.2) is 18.5 Å². The van der Waals surface area contributed by atoms with Crippen molar-refractivity contribution < 1.29 is 0 Å². The third-order valence-electron chi connectivity index (χ3n) is 1.73. The Morgan fingerprint density at radius 2 is 2.33 bits per heavy atom. The largest absolute Gasteiger partial charge is 0.381 e. The van der Waals surface area contributed by atoms with Gasteiger partial charge in [0.25, 0.3) is 0 Å². The molecule has 15 heavy (non-hydrogen) atoms. The standard InChI is InChI=1S/C8H5ClN6/c9-6-4-15(14-7(6)11)8-5(3-10)1-2-12-13-8/h1-2,4H,(H2,11,14). The monoisotopic (exact) mass is 220 g/mol. The number of nitrogens with zero attached hydrogens (tertiary/aromatic N) is 5. The van der Waals surface area contributed by atoms with Crippen LogP contribution in [0.4, 0.5) is 5.82 Å². The number of aromatic nitrogens is 4. The Hall–Kier alpha value is -2.13. The molecule has 0 aliphatic carbocycles. The average Bonchev–Trinajstić information content (AvgIpc) is 2.59. The maximum absolute atomic E-state index is 8.83. The minimum Gasteiger partial charge on any atom is -0.381 e. The molecule has 6 nitrogen and oxygen atoms in total. The van der Waals surface area contributed by atoms with E-state index in [1.54, 1.807) is 0 Å². The molecule has 7 heteroatoms. The second-order valence-corrected chi connectivity index (χ2v) is 3.09. The van der Waals surface area contributed by atoms with Crippen LogP contribution in [0.1, 0.15) is 5.56 Å². The number of halogens is 1. The third kappa shape index (κ3) is 1.60. The van der Waals surface area contributed by atoms with Gasteiger partial charge in [-0.2, -0.15) is 10.4 Å². The lowest BCUT2D eigenvalue weighted by Crippen LogP contribution is -2.03. The molecule has 0 radical (unpaired) electrons. The molecule has 2 N–H and O–H groups in total. The lowest BCUT2D eigenvalue weighted by Gasteiger charge is -1.99. The lowest BCUT2D eigenvalue weighted by atomic mass is 10.3. The number of anilines is 1. The highest BCUT2D eigenvalue weighted by Crippen LogP contribution is 2.18. The van der Waals surface area contributed by atoms with Crippen LogP contribution in [-0.2, 0) is 0 Å². The summed E-state index contributed by atoms with van der Waals surface area (Å²) in [6.07, 6.45) is 2.90. The second kappa shape index (κ2) is 3.55. The highest BCUT2D eigenvalue weighted by atomic mass is 35.5. The van der Waals surface area contributed by atoms with Gasteiger partial charge in [-0.25, -0.2) is 4.68 Å². The Morgan fingerprint density at radius 3 is 2.93 bits per heavy atom. The summed E-state index contributed by atoms with van der Waals surface area (Å²) >= 11 is 5.74. The molecular formula is C8H5ClN6. The number of nitriles is 1. The number of hydrogen-bond acceptors (Lipinski definition) is 5. The van der Waals surface area contributed by atoms with Gasteiger partial charge in [0.15, 0.2) is 11.6 Å². The zero-order valence-electron chi connectivity index (χ0n) is 7.42. The summed E-state index contributed by atoms with van der Waals surface area (Å²) in [4.78, 5) is 0. The molecule has 0 fully saturated rings. The van der Waals surface area contributed by atoms with E-state index in [4.69, 9.17) is 22.6 Å². The van der Waals surface area contributed by atoms with Gasteiger partial charge >= 0.3 is 0 Å². The van der Waals surface area contributed by atoms with Crippen molar-refractivity contribution in [1.82, 2.24) is 20.0 Å². The smallest absolute Gasteiger partial charge is 0.193 e. The van der Waals surface area contributed by atoms with E-state index in [0.29, 0.717) is 16.4 Å². The first-order chi connectivity index (χ1) is 7.22. The summed E-state index contributed by atoms with van der Waals surface area (Å²) < 4.78 is 1.32. The predicted molar refractivity (Wildman–Crippen MR) is 53.3 cm³/mol. The first-order valence-electron chi connectivity index (χ1n) is 3.95. The van der Waals surface area contributed by atoms with Crippen LogP contribution < -0.4 is 5.73 Å². The van der Waals surface area contributed by atoms with E-state index in [2.05, 4.69) is 15.3 Å². The second-order valence-electron chi connectivity index (χ2n) is 2.69. The van der Waals surface area contributed by atoms with Crippen molar-refractivity contribution in [1.29, 1.82) is 5.26 Å². The normalized spacial score (nSPS) is 9.87. The molecular weight excluding hydrogens is 216 g/mol. The SMILES string of the molecule is N#Cc1ccnnc1-n1cc(Cl)c(N)n1. The van der Waals surface area contributed by atoms with Gasteiger partial charge in [0.05, 0.1) is 12.4 Å². The van der Waals surface area contributed by atoms with Gasteiger partial charge in [0.1, 0.15) is 16.7 Å². The first kappa shape index (κ1) is 9.43. The molecule has 0 amide bonds. The maximum Gasteiger partial charge on any atom is 0.193 e. The molecule has 2 aromatic rings. The summed E-state index contributed by atoms with van der Waals surface area (Å²) in [6.45, 7) is 0. The summed E-state index contributed by atoms with van der Waals surface area (Å²) in [6, 6.07) is 3.51. The van der Waals surface area contributed by atoms with Crippen molar-refractivity contribution in [2.45, 2.75) is 0 Å². The minimum atomic E-state index is 0.186. The van der Waals surface area contributed by atoms with Crippen molar-refractivity contribution >= 4 is 17.4 Å². The fourth-order valence-corrected chi connectivity index (χ4v) is 1.19. The van der Waals surface area contributed by atoms with Gasteiger partial charge in [0, 0.05) is 0 Å². The number of rotatable bonds is 1. The first-order valence-corrected chi connectivity index (χ1v) is 4.33. The van der Waals surface area contributed by atoms with Crippen LogP contribution in [0.5, 0.6) is 0 Å². The van der Waals surface area contributed by atoms with Crippen molar-refractivity contribution in [2.75, 3.05) is 5.73 Å². The Balaban J connectivity index is 2.59. The van der Waals surface area contributed by atoms with Gasteiger partial charge in [-0.05, 0) is 6.07 Å². The summed E-state index contributed by atoms with van der Waals surface area (Å²) in [5.41, 5.74) is 5.83. The third-order valence-corrected chi connectivity index (χ3v) is 2.03. The van der Waals surface area contributed by atoms with Crippen LogP contribution in [0.2, 0.25) is 5.02 Å². The zero-order chi connectivity index (χ0) is 10.8. The highest BCUT2D eigenvalue weighted by Gasteiger charge is 2.10. The quantitative estimate of drug-likeness (QED) is 0.766. The molecule has 0 atom stereocenters. The number of nitrogen functional groups attached to an aromatic ring is 1. The molecule has 0 bridgehead atoms. The molecule has 0 saturated carbocycles. The van der Waals surface area contributed by atoms with Crippen molar-refractivity contribution in [3.63, 3.8) is 0 Å². The molecule has 74 valence electrons. The lowest BCUT2D eigenvalue weighted by molar-refractivity contribution is 0.814. The van der Waals surface area contributed by atoms with Crippen LogP contribution in [0.25, 0.3) is 5.82 Å². The van der Waals surface area contributed by atoms with E-state index in [9.17, 15) is 0 Å². The van der Waals surface area contributed by atoms with Crippen molar-refractivity contribution in [2.24, 2.45) is 0 Å². The van der Waals surface area contributed by atoms with Crippen LogP contribution in [-0.4, -0.2) is 20.0 Å². The van der Waals surface area contributed by atoms with Crippen LogP contribution >= 0.6 is 11.6 Å². The maximum atomic E-state index is 8.83.